The number of nitrogens with one attached hydrogen (secondary N) is 2. The molecule has 0 bridgehead atoms. The molecule has 0 saturated carbocycles. The highest BCUT2D eigenvalue weighted by molar-refractivity contribution is 5.83. The number of hydrogen-bond donors (Lipinski definition) is 3. The molecular formula is C12H18N4O3. The average molecular weight is 266 g/mol. The van der Waals surface area contributed by atoms with Crippen molar-refractivity contribution in [3.05, 3.63) is 18.2 Å². The van der Waals surface area contributed by atoms with Gasteiger partial charge in [-0.2, -0.15) is 0 Å². The molecule has 7 heteroatoms. The first-order chi connectivity index (χ1) is 9.18. The summed E-state index contributed by atoms with van der Waals surface area (Å²) >= 11 is 0. The Labute approximate surface area is 111 Å². The zero-order valence-electron chi connectivity index (χ0n) is 10.6. The van der Waals surface area contributed by atoms with Crippen molar-refractivity contribution in [1.82, 2.24) is 20.2 Å². The lowest BCUT2D eigenvalue weighted by Crippen LogP contribution is -2.46. The molecule has 1 aromatic heterocycles. The molecular weight excluding hydrogens is 248 g/mol. The van der Waals surface area contributed by atoms with Crippen LogP contribution in [0.1, 0.15) is 25.1 Å². The molecule has 0 radical (unpaired) electrons. The number of aliphatic carboxylic acids is 1. The van der Waals surface area contributed by atoms with E-state index in [1.165, 1.54) is 4.90 Å². The predicted molar refractivity (Wildman–Crippen MR) is 67.7 cm³/mol. The number of carboxylic acid groups (broad SMARTS) is 1. The van der Waals surface area contributed by atoms with Crippen LogP contribution in [0, 0.1) is 0 Å². The van der Waals surface area contributed by atoms with E-state index in [0.717, 1.165) is 25.1 Å². The lowest BCUT2D eigenvalue weighted by atomic mass is 10.2. The fourth-order valence-electron chi connectivity index (χ4n) is 2.25. The van der Waals surface area contributed by atoms with E-state index < -0.39 is 12.0 Å². The number of aromatic amines is 1. The number of aromatic nitrogens is 2. The van der Waals surface area contributed by atoms with Crippen LogP contribution in [-0.4, -0.2) is 51.1 Å². The van der Waals surface area contributed by atoms with Crippen LogP contribution in [0.15, 0.2) is 12.4 Å². The Kier molecular flexibility index (Phi) is 4.38. The first-order valence-corrected chi connectivity index (χ1v) is 6.44. The van der Waals surface area contributed by atoms with Crippen molar-refractivity contribution in [3.8, 4) is 0 Å². The molecule has 19 heavy (non-hydrogen) atoms. The third-order valence-electron chi connectivity index (χ3n) is 3.22. The number of amides is 2. The van der Waals surface area contributed by atoms with Crippen LogP contribution in [0.25, 0.3) is 0 Å². The summed E-state index contributed by atoms with van der Waals surface area (Å²) in [6, 6.07) is -0.964. The van der Waals surface area contributed by atoms with E-state index in [1.54, 1.807) is 12.4 Å². The highest BCUT2D eigenvalue weighted by atomic mass is 16.4. The minimum atomic E-state index is -0.928. The standard InChI is InChI=1S/C12H18N4O3/c17-11(18)9-3-2-8-16(9)12(19)15-5-1-4-10-13-6-7-14-10/h6-7,9H,1-5,8H2,(H,13,14)(H,15,19)(H,17,18)/t9-/m0/s1. The first-order valence-electron chi connectivity index (χ1n) is 6.44. The van der Waals surface area contributed by atoms with Gasteiger partial charge >= 0.3 is 12.0 Å². The number of carbonyl (C=O) groups excluding carboxylic acids is 1. The highest BCUT2D eigenvalue weighted by Gasteiger charge is 2.33. The predicted octanol–water partition coefficient (Wildman–Crippen LogP) is 0.601. The van der Waals surface area contributed by atoms with E-state index in [0.29, 0.717) is 19.5 Å². The van der Waals surface area contributed by atoms with E-state index in [4.69, 9.17) is 5.11 Å². The molecule has 2 heterocycles. The number of likely N-dealkylation sites (tertiary alicyclic amines) is 1. The van der Waals surface area contributed by atoms with Gasteiger partial charge in [0.05, 0.1) is 0 Å². The second-order valence-electron chi connectivity index (χ2n) is 4.56. The number of urea groups is 1. The molecule has 104 valence electrons. The van der Waals surface area contributed by atoms with Crippen LogP contribution in [0.3, 0.4) is 0 Å². The average Bonchev–Trinajstić information content (AvgIpc) is 3.04. The second kappa shape index (κ2) is 6.21. The molecule has 1 atom stereocenters. The molecule has 0 spiro atoms. The molecule has 2 rings (SSSR count). The largest absolute Gasteiger partial charge is 0.480 e. The van der Waals surface area contributed by atoms with Crippen molar-refractivity contribution in [2.45, 2.75) is 31.7 Å². The number of H-pyrrole nitrogens is 1. The maximum absolute atomic E-state index is 11.8. The van der Waals surface area contributed by atoms with Crippen LogP contribution >= 0.6 is 0 Å². The lowest BCUT2D eigenvalue weighted by molar-refractivity contribution is -0.141. The van der Waals surface area contributed by atoms with Gasteiger partial charge in [0.1, 0.15) is 11.9 Å². The van der Waals surface area contributed by atoms with Gasteiger partial charge in [-0.05, 0) is 19.3 Å². The zero-order chi connectivity index (χ0) is 13.7. The maximum Gasteiger partial charge on any atom is 0.326 e. The Bertz CT molecular complexity index is 432. The molecule has 1 aliphatic heterocycles. The summed E-state index contributed by atoms with van der Waals surface area (Å²) in [5.74, 6) is -0.0398. The van der Waals surface area contributed by atoms with Gasteiger partial charge in [0, 0.05) is 31.9 Å². The number of rotatable bonds is 5. The zero-order valence-corrected chi connectivity index (χ0v) is 10.6. The summed E-state index contributed by atoms with van der Waals surface area (Å²) in [5.41, 5.74) is 0. The Hall–Kier alpha value is -2.05. The molecule has 7 nitrogen and oxygen atoms in total. The quantitative estimate of drug-likeness (QED) is 0.680. The van der Waals surface area contributed by atoms with Crippen molar-refractivity contribution in [3.63, 3.8) is 0 Å². The molecule has 1 aliphatic rings. The van der Waals surface area contributed by atoms with Crippen LogP contribution < -0.4 is 5.32 Å². The summed E-state index contributed by atoms with van der Waals surface area (Å²) in [4.78, 5) is 31.3. The van der Waals surface area contributed by atoms with Gasteiger partial charge in [-0.25, -0.2) is 14.6 Å². The molecule has 1 fully saturated rings. The monoisotopic (exact) mass is 266 g/mol. The minimum Gasteiger partial charge on any atom is -0.480 e. The molecule has 1 saturated heterocycles. The number of imidazole rings is 1. The van der Waals surface area contributed by atoms with Crippen LogP contribution in [-0.2, 0) is 11.2 Å². The van der Waals surface area contributed by atoms with Crippen molar-refractivity contribution >= 4 is 12.0 Å². The van der Waals surface area contributed by atoms with Crippen molar-refractivity contribution < 1.29 is 14.7 Å². The fourth-order valence-corrected chi connectivity index (χ4v) is 2.25. The summed E-state index contributed by atoms with van der Waals surface area (Å²) in [5, 5.41) is 11.7. The van der Waals surface area contributed by atoms with Crippen molar-refractivity contribution in [2.75, 3.05) is 13.1 Å². The number of nitrogens with zero attached hydrogens (tertiary/aromatic N) is 2. The normalized spacial score (nSPS) is 18.5. The summed E-state index contributed by atoms with van der Waals surface area (Å²) < 4.78 is 0. The number of carboxylic acids is 1. The number of hydrogen-bond acceptors (Lipinski definition) is 3. The summed E-state index contributed by atoms with van der Waals surface area (Å²) in [7, 11) is 0. The molecule has 0 aromatic carbocycles. The van der Waals surface area contributed by atoms with Gasteiger partial charge in [0.25, 0.3) is 0 Å². The van der Waals surface area contributed by atoms with Crippen LogP contribution in [0.4, 0.5) is 4.79 Å². The van der Waals surface area contributed by atoms with Gasteiger partial charge in [0.2, 0.25) is 0 Å². The maximum atomic E-state index is 11.8. The van der Waals surface area contributed by atoms with E-state index in [9.17, 15) is 9.59 Å². The van der Waals surface area contributed by atoms with Crippen molar-refractivity contribution in [2.24, 2.45) is 0 Å². The Balaban J connectivity index is 1.70. The van der Waals surface area contributed by atoms with E-state index in [2.05, 4.69) is 15.3 Å². The first kappa shape index (κ1) is 13.4. The molecule has 2 amide bonds. The Morgan fingerprint density at radius 2 is 2.42 bits per heavy atom. The molecule has 3 N–H and O–H groups in total. The third kappa shape index (κ3) is 3.46. The fraction of sp³-hybridized carbons (Fsp3) is 0.583. The summed E-state index contributed by atoms with van der Waals surface area (Å²) in [6.07, 6.45) is 6.26. The third-order valence-corrected chi connectivity index (χ3v) is 3.22. The molecule has 0 aliphatic carbocycles. The van der Waals surface area contributed by atoms with Gasteiger partial charge in [0.15, 0.2) is 0 Å². The topological polar surface area (TPSA) is 98.3 Å². The number of aryl methyl sites for hydroxylation is 1. The second-order valence-corrected chi connectivity index (χ2v) is 4.56. The Morgan fingerprint density at radius 1 is 1.58 bits per heavy atom. The van der Waals surface area contributed by atoms with E-state index in [-0.39, 0.29) is 6.03 Å². The highest BCUT2D eigenvalue weighted by Crippen LogP contribution is 2.17. The smallest absolute Gasteiger partial charge is 0.326 e. The minimum absolute atomic E-state index is 0.288. The van der Waals surface area contributed by atoms with E-state index in [1.807, 2.05) is 0 Å². The van der Waals surface area contributed by atoms with Gasteiger partial charge in [-0.15, -0.1) is 0 Å². The molecule has 0 unspecified atom stereocenters. The molecule has 1 aromatic rings. The van der Waals surface area contributed by atoms with Crippen LogP contribution in [0.2, 0.25) is 0 Å². The van der Waals surface area contributed by atoms with E-state index >= 15 is 0 Å². The number of carbonyl (C=O) groups is 2. The van der Waals surface area contributed by atoms with Gasteiger partial charge in [-0.3, -0.25) is 0 Å². The van der Waals surface area contributed by atoms with Crippen molar-refractivity contribution in [1.29, 1.82) is 0 Å². The van der Waals surface area contributed by atoms with Crippen LogP contribution in [0.5, 0.6) is 0 Å². The Morgan fingerprint density at radius 3 is 3.11 bits per heavy atom. The SMILES string of the molecule is O=C(O)[C@@H]1CCCN1C(=O)NCCCc1ncc[nH]1. The lowest BCUT2D eigenvalue weighted by Gasteiger charge is -2.21. The summed E-state index contributed by atoms with van der Waals surface area (Å²) in [6.45, 7) is 1.03. The van der Waals surface area contributed by atoms with Gasteiger partial charge in [-0.1, -0.05) is 0 Å². The van der Waals surface area contributed by atoms with Gasteiger partial charge < -0.3 is 20.3 Å².